The molecule has 0 bridgehead atoms. The SMILES string of the molecule is CNS(=O)(=O)c1ccc(N)c(NC(C)CN2CCCC2)c1. The molecule has 1 aromatic rings. The highest BCUT2D eigenvalue weighted by molar-refractivity contribution is 7.89. The Bertz CT molecular complexity index is 583. The van der Waals surface area contributed by atoms with Gasteiger partial charge >= 0.3 is 0 Å². The molecule has 0 amide bonds. The van der Waals surface area contributed by atoms with E-state index in [2.05, 4.69) is 21.9 Å². The molecule has 118 valence electrons. The molecule has 0 aliphatic carbocycles. The molecule has 2 rings (SSSR count). The number of likely N-dealkylation sites (tertiary alicyclic amines) is 1. The topological polar surface area (TPSA) is 87.5 Å². The van der Waals surface area contributed by atoms with Gasteiger partial charge in [0.1, 0.15) is 0 Å². The monoisotopic (exact) mass is 312 g/mol. The van der Waals surface area contributed by atoms with Crippen molar-refractivity contribution in [1.82, 2.24) is 9.62 Å². The Balaban J connectivity index is 2.09. The zero-order valence-electron chi connectivity index (χ0n) is 12.6. The van der Waals surface area contributed by atoms with E-state index in [-0.39, 0.29) is 10.9 Å². The Kier molecular flexibility index (Phi) is 5.08. The minimum atomic E-state index is -3.45. The van der Waals surface area contributed by atoms with Crippen molar-refractivity contribution >= 4 is 21.4 Å². The number of hydrogen-bond acceptors (Lipinski definition) is 5. The van der Waals surface area contributed by atoms with Gasteiger partial charge in [-0.05, 0) is 58.1 Å². The molecule has 7 heteroatoms. The van der Waals surface area contributed by atoms with Crippen LogP contribution in [0.3, 0.4) is 0 Å². The summed E-state index contributed by atoms with van der Waals surface area (Å²) in [5, 5.41) is 3.31. The van der Waals surface area contributed by atoms with Crippen molar-refractivity contribution in [2.75, 3.05) is 37.7 Å². The first-order valence-electron chi connectivity index (χ1n) is 7.24. The molecular formula is C14H24N4O2S. The van der Waals surface area contributed by atoms with Crippen LogP contribution in [0, 0.1) is 0 Å². The van der Waals surface area contributed by atoms with Crippen LogP contribution in [0.15, 0.2) is 23.1 Å². The minimum Gasteiger partial charge on any atom is -0.397 e. The van der Waals surface area contributed by atoms with Crippen LogP contribution < -0.4 is 15.8 Å². The van der Waals surface area contributed by atoms with Crippen molar-refractivity contribution in [3.05, 3.63) is 18.2 Å². The van der Waals surface area contributed by atoms with Crippen LogP contribution in [-0.2, 0) is 10.0 Å². The van der Waals surface area contributed by atoms with Crippen molar-refractivity contribution in [2.45, 2.75) is 30.7 Å². The lowest BCUT2D eigenvalue weighted by atomic mass is 10.2. The Morgan fingerprint density at radius 1 is 1.33 bits per heavy atom. The third-order valence-electron chi connectivity index (χ3n) is 3.74. The van der Waals surface area contributed by atoms with E-state index in [1.807, 2.05) is 0 Å². The van der Waals surface area contributed by atoms with E-state index in [4.69, 9.17) is 5.73 Å². The summed E-state index contributed by atoms with van der Waals surface area (Å²) >= 11 is 0. The van der Waals surface area contributed by atoms with Crippen molar-refractivity contribution < 1.29 is 8.42 Å². The van der Waals surface area contributed by atoms with Gasteiger partial charge in [0.15, 0.2) is 0 Å². The van der Waals surface area contributed by atoms with Crippen LogP contribution >= 0.6 is 0 Å². The summed E-state index contributed by atoms with van der Waals surface area (Å²) in [5.74, 6) is 0. The summed E-state index contributed by atoms with van der Waals surface area (Å²) < 4.78 is 26.0. The maximum atomic E-state index is 11.8. The summed E-state index contributed by atoms with van der Waals surface area (Å²) in [6, 6.07) is 4.92. The summed E-state index contributed by atoms with van der Waals surface area (Å²) in [7, 11) is -2.05. The molecule has 1 fully saturated rings. The highest BCUT2D eigenvalue weighted by Gasteiger charge is 2.17. The third-order valence-corrected chi connectivity index (χ3v) is 5.15. The van der Waals surface area contributed by atoms with E-state index in [0.717, 1.165) is 19.6 Å². The maximum absolute atomic E-state index is 11.8. The third kappa shape index (κ3) is 4.09. The second-order valence-electron chi connectivity index (χ2n) is 5.51. The van der Waals surface area contributed by atoms with E-state index < -0.39 is 10.0 Å². The Hall–Kier alpha value is -1.31. The second-order valence-corrected chi connectivity index (χ2v) is 7.40. The Labute approximate surface area is 126 Å². The highest BCUT2D eigenvalue weighted by atomic mass is 32.2. The highest BCUT2D eigenvalue weighted by Crippen LogP contribution is 2.23. The molecular weight excluding hydrogens is 288 g/mol. The van der Waals surface area contributed by atoms with Crippen LogP contribution in [-0.4, -0.2) is 46.0 Å². The van der Waals surface area contributed by atoms with Gasteiger partial charge in [-0.3, -0.25) is 0 Å². The van der Waals surface area contributed by atoms with Crippen LogP contribution in [0.2, 0.25) is 0 Å². The average Bonchev–Trinajstić information content (AvgIpc) is 2.93. The van der Waals surface area contributed by atoms with Crippen molar-refractivity contribution in [2.24, 2.45) is 0 Å². The van der Waals surface area contributed by atoms with Gasteiger partial charge in [0.25, 0.3) is 0 Å². The molecule has 0 saturated carbocycles. The van der Waals surface area contributed by atoms with Gasteiger partial charge in [-0.1, -0.05) is 0 Å². The lowest BCUT2D eigenvalue weighted by molar-refractivity contribution is 0.328. The van der Waals surface area contributed by atoms with Crippen LogP contribution in [0.25, 0.3) is 0 Å². The lowest BCUT2D eigenvalue weighted by Crippen LogP contribution is -2.33. The summed E-state index contributed by atoms with van der Waals surface area (Å²) in [5.41, 5.74) is 7.16. The zero-order valence-corrected chi connectivity index (χ0v) is 13.4. The van der Waals surface area contributed by atoms with Crippen LogP contribution in [0.1, 0.15) is 19.8 Å². The predicted molar refractivity (Wildman–Crippen MR) is 85.9 cm³/mol. The van der Waals surface area contributed by atoms with Gasteiger partial charge in [0.05, 0.1) is 16.3 Å². The molecule has 0 radical (unpaired) electrons. The Morgan fingerprint density at radius 3 is 2.62 bits per heavy atom. The van der Waals surface area contributed by atoms with E-state index in [1.165, 1.54) is 26.0 Å². The average molecular weight is 312 g/mol. The number of sulfonamides is 1. The zero-order chi connectivity index (χ0) is 15.5. The molecule has 0 aromatic heterocycles. The van der Waals surface area contributed by atoms with Crippen LogP contribution in [0.5, 0.6) is 0 Å². The maximum Gasteiger partial charge on any atom is 0.240 e. The molecule has 0 spiro atoms. The minimum absolute atomic E-state index is 0.206. The fourth-order valence-electron chi connectivity index (χ4n) is 2.61. The number of hydrogen-bond donors (Lipinski definition) is 3. The number of nitrogens with one attached hydrogen (secondary N) is 2. The molecule has 21 heavy (non-hydrogen) atoms. The first kappa shape index (κ1) is 16.1. The van der Waals surface area contributed by atoms with Gasteiger partial charge < -0.3 is 16.0 Å². The molecule has 4 N–H and O–H groups in total. The fourth-order valence-corrected chi connectivity index (χ4v) is 3.36. The van der Waals surface area contributed by atoms with E-state index in [1.54, 1.807) is 12.1 Å². The standard InChI is InChI=1S/C14H24N4O2S/c1-11(10-18-7-3-4-8-18)17-14-9-12(5-6-13(14)15)21(19,20)16-2/h5-6,9,11,16-17H,3-4,7-8,10,15H2,1-2H3. The number of rotatable bonds is 6. The predicted octanol–water partition coefficient (Wildman–Crippen LogP) is 1.07. The first-order valence-corrected chi connectivity index (χ1v) is 8.72. The molecule has 6 nitrogen and oxygen atoms in total. The normalized spacial score (nSPS) is 17.8. The number of nitrogens with zero attached hydrogens (tertiary/aromatic N) is 1. The largest absolute Gasteiger partial charge is 0.397 e. The molecule has 1 atom stereocenters. The molecule has 1 aliphatic rings. The molecule has 1 saturated heterocycles. The van der Waals surface area contributed by atoms with Gasteiger partial charge in [-0.15, -0.1) is 0 Å². The summed E-state index contributed by atoms with van der Waals surface area (Å²) in [6.45, 7) is 5.28. The summed E-state index contributed by atoms with van der Waals surface area (Å²) in [6.07, 6.45) is 2.51. The number of benzene rings is 1. The fraction of sp³-hybridized carbons (Fsp3) is 0.571. The smallest absolute Gasteiger partial charge is 0.240 e. The van der Waals surface area contributed by atoms with Gasteiger partial charge in [0.2, 0.25) is 10.0 Å². The van der Waals surface area contributed by atoms with Crippen molar-refractivity contribution in [3.63, 3.8) is 0 Å². The van der Waals surface area contributed by atoms with Gasteiger partial charge in [-0.2, -0.15) is 0 Å². The van der Waals surface area contributed by atoms with Crippen molar-refractivity contribution in [1.29, 1.82) is 0 Å². The number of nitrogens with two attached hydrogens (primary N) is 1. The van der Waals surface area contributed by atoms with E-state index in [9.17, 15) is 8.42 Å². The molecule has 1 unspecified atom stereocenters. The van der Waals surface area contributed by atoms with Gasteiger partial charge in [-0.25, -0.2) is 13.1 Å². The quantitative estimate of drug-likeness (QED) is 0.684. The van der Waals surface area contributed by atoms with E-state index in [0.29, 0.717) is 11.4 Å². The number of anilines is 2. The molecule has 1 aliphatic heterocycles. The second kappa shape index (κ2) is 6.64. The van der Waals surface area contributed by atoms with Crippen LogP contribution in [0.4, 0.5) is 11.4 Å². The number of nitrogen functional groups attached to an aromatic ring is 1. The van der Waals surface area contributed by atoms with Crippen molar-refractivity contribution in [3.8, 4) is 0 Å². The lowest BCUT2D eigenvalue weighted by Gasteiger charge is -2.23. The first-order chi connectivity index (χ1) is 9.92. The molecule has 1 heterocycles. The Morgan fingerprint density at radius 2 is 2.00 bits per heavy atom. The van der Waals surface area contributed by atoms with Gasteiger partial charge in [0, 0.05) is 12.6 Å². The van der Waals surface area contributed by atoms with E-state index >= 15 is 0 Å². The summed E-state index contributed by atoms with van der Waals surface area (Å²) in [4.78, 5) is 2.62. The molecule has 1 aromatic carbocycles.